The molecule has 0 saturated carbocycles. The number of imidazole rings is 2. The van der Waals surface area contributed by atoms with E-state index in [1.807, 2.05) is 16.0 Å². The summed E-state index contributed by atoms with van der Waals surface area (Å²) in [5, 5.41) is 92.6. The molecule has 2 aromatic heterocycles. The second-order valence-corrected chi connectivity index (χ2v) is 35.7. The van der Waals surface area contributed by atoms with Crippen molar-refractivity contribution in [3.63, 3.8) is 0 Å². The second-order valence-electron chi connectivity index (χ2n) is 35.3. The van der Waals surface area contributed by atoms with E-state index < -0.39 is 334 Å². The number of rotatable bonds is 68. The Morgan fingerprint density at radius 2 is 0.708 bits per heavy atom. The molecule has 144 heavy (non-hydrogen) atoms. The van der Waals surface area contributed by atoms with E-state index in [1.165, 1.54) is 39.5 Å². The SMILES string of the molecule is CC[C@H](C)[C@H](NC(=O)[C@H](CCCCN)NC(=O)[C@H](Cc1c[nH]cn1)NC(=O)[C@H](CCCNC(=N)N)NC(=O)[C@H](CCC(=O)O)NC(=O)[C@@H](NC(=O)[C@H](CC(C)C)NC(=O)[C@@H](N)CS)[C@@H](C)O)C(=O)N[C@@H](CC(C)C)C(=O)N[C@@H](Cc1c[nH]cn1)C(=O)N[C@@H](CCCNC(=N)N)C(=O)N[C@@H](CCOC(C(F)(F)F)(C(F)(F)F)C(F)(F)F)C(=O)N[C@@H](CC(C)C)C(=O)N[C@@H](CCC(N)=O)C(=O)N[C@@H](CCC(=O)O)C(=O)O. The van der Waals surface area contributed by atoms with Crippen molar-refractivity contribution in [2.24, 2.45) is 52.3 Å². The van der Waals surface area contributed by atoms with Crippen LogP contribution in [0.15, 0.2) is 25.0 Å². The molecule has 0 aliphatic rings. The van der Waals surface area contributed by atoms with Gasteiger partial charge in [-0.2, -0.15) is 52.1 Å². The van der Waals surface area contributed by atoms with E-state index in [0.717, 1.165) is 13.3 Å². The van der Waals surface area contributed by atoms with Gasteiger partial charge in [0.15, 0.2) is 11.9 Å². The minimum absolute atomic E-state index is 0.00326. The summed E-state index contributed by atoms with van der Waals surface area (Å²) in [5.74, 6) is -27.2. The maximum absolute atomic E-state index is 15.1. The highest BCUT2D eigenvalue weighted by atomic mass is 32.1. The lowest BCUT2D eigenvalue weighted by atomic mass is 9.96. The number of carbonyl (C=O) groups is 18. The summed E-state index contributed by atoms with van der Waals surface area (Å²) in [7, 11) is 0. The quantitative estimate of drug-likeness (QED) is 0.00989. The fraction of sp³-hybridized carbons (Fsp3) is 0.690. The summed E-state index contributed by atoms with van der Waals surface area (Å²) >= 11 is 4.02. The average molecular weight is 2100 g/mol. The van der Waals surface area contributed by atoms with Gasteiger partial charge < -0.3 is 149 Å². The van der Waals surface area contributed by atoms with Crippen LogP contribution >= 0.6 is 12.6 Å². The number of carboxylic acid groups (broad SMARTS) is 3. The molecule has 0 unspecified atom stereocenters. The third-order valence-electron chi connectivity index (χ3n) is 21.8. The molecular weight excluding hydrogens is 1960 g/mol. The molecule has 2 rings (SSSR count). The van der Waals surface area contributed by atoms with Crippen molar-refractivity contribution in [1.82, 2.24) is 105 Å². The van der Waals surface area contributed by atoms with Crippen LogP contribution in [0, 0.1) is 34.5 Å². The number of hydrogen-bond acceptors (Lipinski definition) is 27. The highest BCUT2D eigenvalue weighted by Crippen LogP contribution is 2.55. The molecule has 17 atom stereocenters. The third kappa shape index (κ3) is 44.9. The van der Waals surface area contributed by atoms with Crippen LogP contribution in [0.25, 0.3) is 0 Å². The largest absolute Gasteiger partial charge is 0.481 e. The summed E-state index contributed by atoms with van der Waals surface area (Å²) in [4.78, 5) is 264. The Bertz CT molecular complexity index is 4550. The van der Waals surface area contributed by atoms with Crippen molar-refractivity contribution in [2.45, 2.75) is 312 Å². The molecule has 50 nitrogen and oxygen atoms in total. The first-order valence-electron chi connectivity index (χ1n) is 45.9. The van der Waals surface area contributed by atoms with Crippen molar-refractivity contribution in [1.29, 1.82) is 10.8 Å². The smallest absolute Gasteiger partial charge is 0.435 e. The van der Waals surface area contributed by atoms with Crippen LogP contribution < -0.4 is 114 Å². The molecule has 2 heterocycles. The Kier molecular flexibility index (Phi) is 54.6. The van der Waals surface area contributed by atoms with Crippen molar-refractivity contribution in [3.05, 3.63) is 36.4 Å². The first-order chi connectivity index (χ1) is 67.0. The zero-order valence-corrected chi connectivity index (χ0v) is 81.6. The number of alkyl halides is 9. The van der Waals surface area contributed by atoms with E-state index in [0.29, 0.717) is 0 Å². The number of aliphatic hydroxyl groups is 1. The van der Waals surface area contributed by atoms with Gasteiger partial charge in [-0.25, -0.2) is 14.8 Å². The van der Waals surface area contributed by atoms with E-state index >= 15 is 24.0 Å². The molecule has 814 valence electrons. The fourth-order valence-electron chi connectivity index (χ4n) is 14.0. The number of unbranched alkanes of at least 4 members (excludes halogenated alkanes) is 1. The van der Waals surface area contributed by atoms with Crippen LogP contribution in [0.5, 0.6) is 0 Å². The van der Waals surface area contributed by atoms with Gasteiger partial charge in [-0.15, -0.1) is 0 Å². The predicted molar refractivity (Wildman–Crippen MR) is 495 cm³/mol. The summed E-state index contributed by atoms with van der Waals surface area (Å²) in [6, 6.07) is -27.7. The topological polar surface area (TPSA) is 825 Å². The number of carbonyl (C=O) groups excluding carboxylic acids is 15. The van der Waals surface area contributed by atoms with Crippen LogP contribution in [-0.2, 0) is 104 Å². The molecule has 0 bridgehead atoms. The molecular formula is C84H136F9N27O23S. The number of guanidine groups is 2. The van der Waals surface area contributed by atoms with Crippen LogP contribution in [0.1, 0.15) is 189 Å². The fourth-order valence-corrected chi connectivity index (χ4v) is 14.2. The predicted octanol–water partition coefficient (Wildman–Crippen LogP) is -3.90. The number of nitrogens with one attached hydrogen (secondary N) is 20. The Labute approximate surface area is 827 Å². The maximum atomic E-state index is 15.1. The van der Waals surface area contributed by atoms with Crippen LogP contribution in [0.4, 0.5) is 39.5 Å². The monoisotopic (exact) mass is 2090 g/mol. The van der Waals surface area contributed by atoms with Gasteiger partial charge in [0.05, 0.1) is 42.8 Å². The van der Waals surface area contributed by atoms with Crippen LogP contribution in [-0.4, -0.2) is 312 Å². The number of ether oxygens (including phenoxy) is 1. The average Bonchev–Trinajstić information content (AvgIpc) is 0.733. The number of aliphatic hydroxyl groups excluding tert-OH is 1. The first-order valence-corrected chi connectivity index (χ1v) is 46.6. The summed E-state index contributed by atoms with van der Waals surface area (Å²) in [6.07, 6.45) is -28.8. The minimum Gasteiger partial charge on any atom is -0.481 e. The highest BCUT2D eigenvalue weighted by Gasteiger charge is 2.85. The van der Waals surface area contributed by atoms with E-state index in [1.54, 1.807) is 34.6 Å². The zero-order valence-electron chi connectivity index (χ0n) is 80.7. The van der Waals surface area contributed by atoms with E-state index in [2.05, 4.69) is 106 Å². The Morgan fingerprint density at radius 3 is 1.04 bits per heavy atom. The van der Waals surface area contributed by atoms with Gasteiger partial charge >= 0.3 is 42.0 Å². The minimum atomic E-state index is -7.37. The number of halogens is 9. The highest BCUT2D eigenvalue weighted by molar-refractivity contribution is 7.80. The van der Waals surface area contributed by atoms with Gasteiger partial charge in [0.1, 0.15) is 84.6 Å². The molecule has 2 aromatic rings. The summed E-state index contributed by atoms with van der Waals surface area (Å²) in [6.45, 7) is 10.7. The number of aliphatic carboxylic acids is 3. The lowest BCUT2D eigenvalue weighted by Crippen LogP contribution is -2.68. The van der Waals surface area contributed by atoms with Crippen LogP contribution in [0.2, 0.25) is 0 Å². The van der Waals surface area contributed by atoms with Crippen molar-refractivity contribution in [3.8, 4) is 0 Å². The summed E-state index contributed by atoms with van der Waals surface area (Å²) in [5.41, 5.74) is 21.0. The van der Waals surface area contributed by atoms with E-state index in [4.69, 9.17) is 39.5 Å². The molecule has 0 aliphatic carbocycles. The number of thiol groups is 1. The maximum Gasteiger partial charge on any atom is 0.435 e. The standard InChI is InChI=1S/C84H136F9N27O23S/c1-10-42(8)62(119-70(133)47(15-11-12-25-94)108-73(136)57(32-44-34-101-37-105-44)116-66(129)49(17-14-27-104-80(99)100)107-67(130)51(19-22-60(123)124)112-77(140)63(43(9)121)120-75(138)56(31-41(6)7)114-64(127)46(95)36-144)76(139)118-55(30-40(4)5)72(135)117-58(33-45-35-102-38-106-45)74(137)109-48(16-13-26-103-79(97)98)65(128)111-52(24-28-143-81(82(85,86)87,83(88,89)90)84(91,92)93)69(132)115-54(29-39(2)3)71(134)110-50(18-21-59(96)122)68(131)113-53(78(141)142)20-23-61(125)126/h34-35,37-43,46-58,62-63,121,144H,10-33,36,94-95H2,1-9H3,(H2,96,122)(H,101,105)(H,102,106)(H,107,130)(H,108,136)(H,109,137)(H,110,134)(H,111,128)(H,112,140)(H,113,131)(H,114,127)(H,115,132)(H,116,129)(H,117,135)(H,118,139)(H,119,133)(H,120,138)(H,123,124)(H,125,126)(H,141,142)(H4,97,98,103)(H4,99,100,104)/t42-,43+,46-,47-,48-,49-,50-,51-,52-,53-,54-,55-,56-,57-,58-,62-,63-/m0/s1. The molecule has 0 fully saturated rings. The number of primary amides is 1. The van der Waals surface area contributed by atoms with Crippen molar-refractivity contribution >= 4 is 131 Å². The molecule has 0 radical (unpaired) electrons. The Morgan fingerprint density at radius 1 is 0.410 bits per heavy atom. The van der Waals surface area contributed by atoms with Gasteiger partial charge in [0, 0.05) is 69.8 Å². The number of aromatic amines is 2. The first kappa shape index (κ1) is 127. The summed E-state index contributed by atoms with van der Waals surface area (Å²) < 4.78 is 133. The molecule has 0 aliphatic heterocycles. The van der Waals surface area contributed by atoms with E-state index in [-0.39, 0.29) is 100 Å². The van der Waals surface area contributed by atoms with Crippen molar-refractivity contribution < 1.29 is 151 Å². The molecule has 15 amide bonds. The number of carboxylic acids is 3. The number of nitrogens with two attached hydrogens (primary N) is 5. The normalized spacial score (nSPS) is 15.3. The van der Waals surface area contributed by atoms with Gasteiger partial charge in [-0.1, -0.05) is 61.8 Å². The Balaban J connectivity index is 2.87. The number of H-pyrrole nitrogens is 2. The molecule has 34 N–H and O–H groups in total. The number of hydrogen-bond donors (Lipinski definition) is 30. The zero-order chi connectivity index (χ0) is 110. The van der Waals surface area contributed by atoms with Gasteiger partial charge in [-0.3, -0.25) is 92.3 Å². The van der Waals surface area contributed by atoms with Crippen LogP contribution in [0.3, 0.4) is 0 Å². The Hall–Kier alpha value is -13.0. The lowest BCUT2D eigenvalue weighted by molar-refractivity contribution is -0.457. The van der Waals surface area contributed by atoms with Crippen molar-refractivity contribution in [2.75, 3.05) is 32.0 Å². The van der Waals surface area contributed by atoms with Gasteiger partial charge in [-0.05, 0) is 121 Å². The lowest BCUT2D eigenvalue weighted by Gasteiger charge is -2.38. The van der Waals surface area contributed by atoms with Gasteiger partial charge in [0.2, 0.25) is 88.6 Å². The number of aromatic nitrogens is 4. The third-order valence-corrected chi connectivity index (χ3v) is 22.2. The van der Waals surface area contributed by atoms with E-state index in [9.17, 15) is 122 Å². The number of amides is 15. The molecule has 0 spiro atoms. The number of nitrogens with zero attached hydrogens (tertiary/aromatic N) is 2. The molecule has 60 heteroatoms. The van der Waals surface area contributed by atoms with Gasteiger partial charge in [0.25, 0.3) is 0 Å². The molecule has 0 saturated heterocycles. The molecule has 0 aromatic carbocycles. The second kappa shape index (κ2) is 61.8.